The molecule has 1 aromatic heterocycles. The topological polar surface area (TPSA) is 65.2 Å². The Morgan fingerprint density at radius 2 is 1.96 bits per heavy atom. The third kappa shape index (κ3) is 4.49. The van der Waals surface area contributed by atoms with Crippen LogP contribution in [0.1, 0.15) is 18.1 Å². The number of aromatic nitrogens is 1. The lowest BCUT2D eigenvalue weighted by atomic mass is 10.1. The molecule has 1 heterocycles. The van der Waals surface area contributed by atoms with Crippen LogP contribution in [0.2, 0.25) is 5.02 Å². The fraction of sp³-hybridized carbons (Fsp3) is 0.238. The van der Waals surface area contributed by atoms with Crippen LogP contribution in [0.15, 0.2) is 48.7 Å². The van der Waals surface area contributed by atoms with Crippen molar-refractivity contribution in [2.45, 2.75) is 20.3 Å². The number of para-hydroxylation sites is 1. The van der Waals surface area contributed by atoms with Gasteiger partial charge in [0, 0.05) is 47.8 Å². The van der Waals surface area contributed by atoms with E-state index < -0.39 is 0 Å². The summed E-state index contributed by atoms with van der Waals surface area (Å²) < 4.78 is 0. The molecule has 3 aromatic rings. The molecule has 0 unspecified atom stereocenters. The van der Waals surface area contributed by atoms with Crippen LogP contribution in [0, 0.1) is 6.92 Å². The van der Waals surface area contributed by atoms with Gasteiger partial charge in [0.1, 0.15) is 0 Å². The van der Waals surface area contributed by atoms with Crippen LogP contribution in [-0.2, 0) is 16.0 Å². The van der Waals surface area contributed by atoms with Crippen molar-refractivity contribution < 1.29 is 9.59 Å². The Bertz CT molecular complexity index is 980. The molecule has 0 radical (unpaired) electrons. The van der Waals surface area contributed by atoms with Crippen LogP contribution in [0.5, 0.6) is 0 Å². The molecular weight excluding hydrogens is 362 g/mol. The van der Waals surface area contributed by atoms with Crippen LogP contribution in [0.4, 0.5) is 5.69 Å². The van der Waals surface area contributed by atoms with Gasteiger partial charge in [-0.3, -0.25) is 9.59 Å². The fourth-order valence-corrected chi connectivity index (χ4v) is 3.21. The molecule has 5 nitrogen and oxygen atoms in total. The van der Waals surface area contributed by atoms with E-state index in [4.69, 9.17) is 11.6 Å². The number of rotatable bonds is 6. The van der Waals surface area contributed by atoms with Gasteiger partial charge in [-0.25, -0.2) is 0 Å². The van der Waals surface area contributed by atoms with E-state index in [2.05, 4.69) is 10.3 Å². The average molecular weight is 384 g/mol. The number of fused-ring (bicyclic) bond motifs is 1. The normalized spacial score (nSPS) is 10.8. The summed E-state index contributed by atoms with van der Waals surface area (Å²) in [6.45, 7) is 4.16. The van der Waals surface area contributed by atoms with E-state index >= 15 is 0 Å². The highest BCUT2D eigenvalue weighted by molar-refractivity contribution is 6.31. The van der Waals surface area contributed by atoms with E-state index in [1.165, 1.54) is 6.92 Å². The highest BCUT2D eigenvalue weighted by Gasteiger charge is 2.14. The van der Waals surface area contributed by atoms with Crippen molar-refractivity contribution in [1.82, 2.24) is 10.3 Å². The number of amides is 2. The summed E-state index contributed by atoms with van der Waals surface area (Å²) in [5, 5.41) is 4.55. The number of benzene rings is 2. The quantitative estimate of drug-likeness (QED) is 0.679. The Kier molecular flexibility index (Phi) is 5.81. The maximum Gasteiger partial charge on any atom is 0.224 e. The molecule has 0 bridgehead atoms. The number of anilines is 1. The van der Waals surface area contributed by atoms with Crippen molar-refractivity contribution in [2.75, 3.05) is 18.0 Å². The SMILES string of the molecule is CC(=O)N(CCNC(=O)Cc1c[nH]c2ccccc12)c1ccc(C)c(Cl)c1. The summed E-state index contributed by atoms with van der Waals surface area (Å²) in [4.78, 5) is 29.1. The van der Waals surface area contributed by atoms with Crippen LogP contribution < -0.4 is 10.2 Å². The standard InChI is InChI=1S/C21H22ClN3O2/c1-14-7-8-17(12-19(14)22)25(15(2)26)10-9-23-21(27)11-16-13-24-20-6-4-3-5-18(16)20/h3-8,12-13,24H,9-11H2,1-2H3,(H,23,27). The Morgan fingerprint density at radius 1 is 1.19 bits per heavy atom. The Morgan fingerprint density at radius 3 is 2.70 bits per heavy atom. The molecule has 0 fully saturated rings. The fourth-order valence-electron chi connectivity index (χ4n) is 3.04. The van der Waals surface area contributed by atoms with Crippen LogP contribution in [0.3, 0.4) is 0 Å². The summed E-state index contributed by atoms with van der Waals surface area (Å²) in [6, 6.07) is 13.4. The van der Waals surface area contributed by atoms with Crippen LogP contribution in [0.25, 0.3) is 10.9 Å². The van der Waals surface area contributed by atoms with E-state index in [9.17, 15) is 9.59 Å². The number of hydrogen-bond acceptors (Lipinski definition) is 2. The minimum Gasteiger partial charge on any atom is -0.361 e. The number of nitrogens with one attached hydrogen (secondary N) is 2. The summed E-state index contributed by atoms with van der Waals surface area (Å²) >= 11 is 6.16. The van der Waals surface area contributed by atoms with Crippen molar-refractivity contribution in [3.8, 4) is 0 Å². The summed E-state index contributed by atoms with van der Waals surface area (Å²) in [6.07, 6.45) is 2.15. The molecule has 2 N–H and O–H groups in total. The molecule has 6 heteroatoms. The first-order valence-electron chi connectivity index (χ1n) is 8.81. The number of aromatic amines is 1. The first kappa shape index (κ1) is 19.0. The Labute approximate surface area is 163 Å². The first-order chi connectivity index (χ1) is 13.0. The summed E-state index contributed by atoms with van der Waals surface area (Å²) in [5.74, 6) is -0.175. The molecule has 27 heavy (non-hydrogen) atoms. The maximum atomic E-state index is 12.3. The van der Waals surface area contributed by atoms with Gasteiger partial charge in [0.15, 0.2) is 0 Å². The largest absolute Gasteiger partial charge is 0.361 e. The van der Waals surface area contributed by atoms with Crippen molar-refractivity contribution in [1.29, 1.82) is 0 Å². The second-order valence-corrected chi connectivity index (χ2v) is 6.90. The minimum atomic E-state index is -0.0965. The highest BCUT2D eigenvalue weighted by Crippen LogP contribution is 2.23. The number of nitrogens with zero attached hydrogens (tertiary/aromatic N) is 1. The molecule has 0 aliphatic heterocycles. The Hall–Kier alpha value is -2.79. The maximum absolute atomic E-state index is 12.3. The lowest BCUT2D eigenvalue weighted by Crippen LogP contribution is -2.38. The van der Waals surface area contributed by atoms with Crippen molar-refractivity contribution in [3.05, 3.63) is 64.8 Å². The number of halogens is 1. The van der Waals surface area contributed by atoms with Gasteiger partial charge in [0.25, 0.3) is 0 Å². The Balaban J connectivity index is 1.59. The van der Waals surface area contributed by atoms with Gasteiger partial charge in [-0.05, 0) is 36.2 Å². The lowest BCUT2D eigenvalue weighted by molar-refractivity contribution is -0.121. The van der Waals surface area contributed by atoms with Gasteiger partial charge < -0.3 is 15.2 Å². The van der Waals surface area contributed by atoms with Crippen molar-refractivity contribution >= 4 is 40.0 Å². The molecule has 0 saturated heterocycles. The number of H-pyrrole nitrogens is 1. The van der Waals surface area contributed by atoms with Gasteiger partial charge in [-0.2, -0.15) is 0 Å². The van der Waals surface area contributed by atoms with Crippen LogP contribution in [-0.4, -0.2) is 29.9 Å². The zero-order chi connectivity index (χ0) is 19.4. The average Bonchev–Trinajstić information content (AvgIpc) is 3.04. The van der Waals surface area contributed by atoms with Gasteiger partial charge >= 0.3 is 0 Å². The van der Waals surface area contributed by atoms with E-state index in [0.717, 1.165) is 27.7 Å². The van der Waals surface area contributed by atoms with Crippen molar-refractivity contribution in [3.63, 3.8) is 0 Å². The number of aryl methyl sites for hydroxylation is 1. The van der Waals surface area contributed by atoms with Gasteiger partial charge in [-0.1, -0.05) is 35.9 Å². The van der Waals surface area contributed by atoms with Gasteiger partial charge in [0.05, 0.1) is 6.42 Å². The van der Waals surface area contributed by atoms with E-state index in [1.807, 2.05) is 49.5 Å². The molecule has 2 amide bonds. The minimum absolute atomic E-state index is 0.0785. The number of carbonyl (C=O) groups is 2. The zero-order valence-electron chi connectivity index (χ0n) is 15.4. The molecule has 0 aliphatic rings. The predicted molar refractivity (Wildman–Crippen MR) is 109 cm³/mol. The van der Waals surface area contributed by atoms with Crippen LogP contribution >= 0.6 is 11.6 Å². The molecule has 2 aromatic carbocycles. The highest BCUT2D eigenvalue weighted by atomic mass is 35.5. The molecule has 0 atom stereocenters. The molecule has 0 saturated carbocycles. The summed E-state index contributed by atoms with van der Waals surface area (Å²) in [5.41, 5.74) is 3.65. The number of carbonyl (C=O) groups excluding carboxylic acids is 2. The second-order valence-electron chi connectivity index (χ2n) is 6.49. The first-order valence-corrected chi connectivity index (χ1v) is 9.19. The molecular formula is C21H22ClN3O2. The molecule has 3 rings (SSSR count). The summed E-state index contributed by atoms with van der Waals surface area (Å²) in [7, 11) is 0. The second kappa shape index (κ2) is 8.27. The monoisotopic (exact) mass is 383 g/mol. The van der Waals surface area contributed by atoms with Crippen molar-refractivity contribution in [2.24, 2.45) is 0 Å². The van der Waals surface area contributed by atoms with E-state index in [1.54, 1.807) is 11.0 Å². The van der Waals surface area contributed by atoms with E-state index in [0.29, 0.717) is 24.5 Å². The third-order valence-corrected chi connectivity index (χ3v) is 4.94. The molecule has 0 spiro atoms. The van der Waals surface area contributed by atoms with Gasteiger partial charge in [-0.15, -0.1) is 0 Å². The van der Waals surface area contributed by atoms with Gasteiger partial charge in [0.2, 0.25) is 11.8 Å². The molecule has 140 valence electrons. The number of hydrogen-bond donors (Lipinski definition) is 2. The van der Waals surface area contributed by atoms with E-state index in [-0.39, 0.29) is 11.8 Å². The third-order valence-electron chi connectivity index (χ3n) is 4.53. The predicted octanol–water partition coefficient (Wildman–Crippen LogP) is 3.84. The molecule has 0 aliphatic carbocycles. The zero-order valence-corrected chi connectivity index (χ0v) is 16.1. The lowest BCUT2D eigenvalue weighted by Gasteiger charge is -2.22. The smallest absolute Gasteiger partial charge is 0.224 e.